The van der Waals surface area contributed by atoms with Crippen LogP contribution in [-0.2, 0) is 0 Å². The van der Waals surface area contributed by atoms with Crippen LogP contribution in [0.1, 0.15) is 15.9 Å². The Labute approximate surface area is 134 Å². The van der Waals surface area contributed by atoms with Gasteiger partial charge in [0.15, 0.2) is 5.78 Å². The van der Waals surface area contributed by atoms with Crippen LogP contribution in [0.3, 0.4) is 0 Å². The lowest BCUT2D eigenvalue weighted by Crippen LogP contribution is -2.06. The maximum Gasteiger partial charge on any atom is 0.198 e. The molecule has 3 nitrogen and oxygen atoms in total. The molecule has 0 unspecified atom stereocenters. The minimum atomic E-state index is -0.648. The van der Waals surface area contributed by atoms with Crippen LogP contribution in [0, 0.1) is 5.82 Å². The predicted molar refractivity (Wildman–Crippen MR) is 82.1 cm³/mol. The van der Waals surface area contributed by atoms with Crippen LogP contribution in [0.15, 0.2) is 34.8 Å². The van der Waals surface area contributed by atoms with Gasteiger partial charge in [-0.05, 0) is 40.2 Å². The summed E-state index contributed by atoms with van der Waals surface area (Å²) in [5.41, 5.74) is 0.310. The van der Waals surface area contributed by atoms with Gasteiger partial charge in [0.1, 0.15) is 17.3 Å². The fourth-order valence-electron chi connectivity index (χ4n) is 1.86. The van der Waals surface area contributed by atoms with Crippen molar-refractivity contribution < 1.29 is 18.7 Å². The van der Waals surface area contributed by atoms with Gasteiger partial charge in [0.25, 0.3) is 0 Å². The van der Waals surface area contributed by atoms with Gasteiger partial charge in [-0.1, -0.05) is 17.7 Å². The first-order valence-corrected chi connectivity index (χ1v) is 7.07. The Balaban J connectivity index is 2.60. The molecule has 0 aliphatic rings. The van der Waals surface area contributed by atoms with Crippen LogP contribution in [0.2, 0.25) is 5.02 Å². The third-order valence-electron chi connectivity index (χ3n) is 2.91. The van der Waals surface area contributed by atoms with Crippen LogP contribution in [0.4, 0.5) is 4.39 Å². The summed E-state index contributed by atoms with van der Waals surface area (Å²) < 4.78 is 24.5. The van der Waals surface area contributed by atoms with Crippen LogP contribution in [0.5, 0.6) is 11.5 Å². The SMILES string of the molecule is COc1cc(C(=O)c2cccc(F)c2Cl)c(OC)cc1Br. The second kappa shape index (κ2) is 6.45. The van der Waals surface area contributed by atoms with Crippen LogP contribution < -0.4 is 9.47 Å². The van der Waals surface area contributed by atoms with Crippen molar-refractivity contribution in [2.45, 2.75) is 0 Å². The molecule has 21 heavy (non-hydrogen) atoms. The van der Waals surface area contributed by atoms with E-state index in [0.29, 0.717) is 16.0 Å². The molecule has 6 heteroatoms. The van der Waals surface area contributed by atoms with Crippen LogP contribution >= 0.6 is 27.5 Å². The van der Waals surface area contributed by atoms with E-state index < -0.39 is 11.6 Å². The van der Waals surface area contributed by atoms with Gasteiger partial charge in [-0.25, -0.2) is 4.39 Å². The maximum absolute atomic E-state index is 13.5. The number of carbonyl (C=O) groups is 1. The van der Waals surface area contributed by atoms with Crippen molar-refractivity contribution in [2.75, 3.05) is 14.2 Å². The number of rotatable bonds is 4. The third-order valence-corrected chi connectivity index (χ3v) is 3.92. The summed E-state index contributed by atoms with van der Waals surface area (Å²) in [5.74, 6) is -0.285. The van der Waals surface area contributed by atoms with E-state index >= 15 is 0 Å². The van der Waals surface area contributed by atoms with E-state index in [2.05, 4.69) is 15.9 Å². The summed E-state index contributed by atoms with van der Waals surface area (Å²) in [6, 6.07) is 7.21. The Hall–Kier alpha value is -1.59. The summed E-state index contributed by atoms with van der Waals surface area (Å²) >= 11 is 9.17. The molecule has 0 atom stereocenters. The molecule has 0 aliphatic heterocycles. The number of benzene rings is 2. The first kappa shape index (κ1) is 15.8. The number of carbonyl (C=O) groups excluding carboxylic acids is 1. The molecule has 2 rings (SSSR count). The maximum atomic E-state index is 13.5. The van der Waals surface area contributed by atoms with Crippen molar-refractivity contribution >= 4 is 33.3 Å². The summed E-state index contributed by atoms with van der Waals surface area (Å²) in [6.45, 7) is 0. The van der Waals surface area contributed by atoms with Gasteiger partial charge in [0.05, 0.1) is 29.3 Å². The molecule has 0 radical (unpaired) electrons. The first-order valence-electron chi connectivity index (χ1n) is 5.89. The Morgan fingerprint density at radius 1 is 1.14 bits per heavy atom. The largest absolute Gasteiger partial charge is 0.496 e. The number of methoxy groups -OCH3 is 2. The average molecular weight is 374 g/mol. The van der Waals surface area contributed by atoms with Crippen molar-refractivity contribution in [3.05, 3.63) is 56.8 Å². The van der Waals surface area contributed by atoms with E-state index in [1.54, 1.807) is 6.07 Å². The molecule has 0 aromatic heterocycles. The second-order valence-corrected chi connectivity index (χ2v) is 5.35. The van der Waals surface area contributed by atoms with Gasteiger partial charge < -0.3 is 9.47 Å². The number of hydrogen-bond acceptors (Lipinski definition) is 3. The first-order chi connectivity index (χ1) is 9.99. The van der Waals surface area contributed by atoms with Crippen LogP contribution in [-0.4, -0.2) is 20.0 Å². The lowest BCUT2D eigenvalue weighted by Gasteiger charge is -2.12. The average Bonchev–Trinajstić information content (AvgIpc) is 2.49. The Bertz CT molecular complexity index is 704. The Morgan fingerprint density at radius 3 is 2.43 bits per heavy atom. The molecule has 0 N–H and O–H groups in total. The molecule has 2 aromatic rings. The number of hydrogen-bond donors (Lipinski definition) is 0. The summed E-state index contributed by atoms with van der Waals surface area (Å²) in [5, 5.41) is -0.216. The molecular weight excluding hydrogens is 363 g/mol. The normalized spacial score (nSPS) is 10.3. The zero-order valence-electron chi connectivity index (χ0n) is 11.2. The molecule has 0 saturated heterocycles. The summed E-state index contributed by atoms with van der Waals surface area (Å²) in [6.07, 6.45) is 0. The molecule has 110 valence electrons. The van der Waals surface area contributed by atoms with E-state index in [1.165, 1.54) is 38.5 Å². The summed E-state index contributed by atoms with van der Waals surface area (Å²) in [4.78, 5) is 12.6. The van der Waals surface area contributed by atoms with Gasteiger partial charge in [0.2, 0.25) is 0 Å². The van der Waals surface area contributed by atoms with E-state index in [9.17, 15) is 9.18 Å². The molecule has 2 aromatic carbocycles. The van der Waals surface area contributed by atoms with E-state index in [1.807, 2.05) is 0 Å². The fourth-order valence-corrected chi connectivity index (χ4v) is 2.56. The van der Waals surface area contributed by atoms with Gasteiger partial charge in [-0.15, -0.1) is 0 Å². The van der Waals surface area contributed by atoms with Gasteiger partial charge >= 0.3 is 0 Å². The van der Waals surface area contributed by atoms with Gasteiger partial charge in [-0.3, -0.25) is 4.79 Å². The van der Waals surface area contributed by atoms with E-state index in [-0.39, 0.29) is 16.1 Å². The van der Waals surface area contributed by atoms with Crippen LogP contribution in [0.25, 0.3) is 0 Å². The molecule has 0 heterocycles. The molecule has 0 spiro atoms. The van der Waals surface area contributed by atoms with Crippen molar-refractivity contribution in [3.63, 3.8) is 0 Å². The zero-order valence-corrected chi connectivity index (χ0v) is 13.6. The molecular formula is C15H11BrClFO3. The van der Waals surface area contributed by atoms with Crippen molar-refractivity contribution in [3.8, 4) is 11.5 Å². The minimum Gasteiger partial charge on any atom is -0.496 e. The molecule has 0 saturated carbocycles. The highest BCUT2D eigenvalue weighted by Crippen LogP contribution is 2.35. The second-order valence-electron chi connectivity index (χ2n) is 4.12. The molecule has 0 bridgehead atoms. The summed E-state index contributed by atoms with van der Waals surface area (Å²) in [7, 11) is 2.92. The molecule has 0 fully saturated rings. The predicted octanol–water partition coefficient (Wildman–Crippen LogP) is 4.49. The zero-order chi connectivity index (χ0) is 15.6. The third kappa shape index (κ3) is 3.04. The topological polar surface area (TPSA) is 35.5 Å². The minimum absolute atomic E-state index is 0.0688. The van der Waals surface area contributed by atoms with Crippen molar-refractivity contribution in [1.82, 2.24) is 0 Å². The highest BCUT2D eigenvalue weighted by molar-refractivity contribution is 9.10. The van der Waals surface area contributed by atoms with Crippen molar-refractivity contribution in [1.29, 1.82) is 0 Å². The van der Waals surface area contributed by atoms with Crippen molar-refractivity contribution in [2.24, 2.45) is 0 Å². The number of halogens is 3. The van der Waals surface area contributed by atoms with Gasteiger partial charge in [-0.2, -0.15) is 0 Å². The smallest absolute Gasteiger partial charge is 0.198 e. The standard InChI is InChI=1S/C15H11BrClFO3/c1-20-12-7-10(16)13(21-2)6-9(12)15(19)8-4-3-5-11(18)14(8)17/h3-7H,1-2H3. The molecule has 0 amide bonds. The Kier molecular flexibility index (Phi) is 4.85. The lowest BCUT2D eigenvalue weighted by molar-refractivity contribution is 0.103. The monoisotopic (exact) mass is 372 g/mol. The van der Waals surface area contributed by atoms with E-state index in [4.69, 9.17) is 21.1 Å². The highest BCUT2D eigenvalue weighted by Gasteiger charge is 2.21. The number of ketones is 1. The van der Waals surface area contributed by atoms with E-state index in [0.717, 1.165) is 0 Å². The molecule has 0 aliphatic carbocycles. The highest BCUT2D eigenvalue weighted by atomic mass is 79.9. The quantitative estimate of drug-likeness (QED) is 0.741. The Morgan fingerprint density at radius 2 is 1.81 bits per heavy atom. The van der Waals surface area contributed by atoms with Gasteiger partial charge in [0, 0.05) is 5.56 Å². The fraction of sp³-hybridized carbons (Fsp3) is 0.133. The lowest BCUT2D eigenvalue weighted by atomic mass is 10.0. The number of ether oxygens (including phenoxy) is 2.